The van der Waals surface area contributed by atoms with E-state index < -0.39 is 5.97 Å². The molecule has 0 aliphatic rings. The van der Waals surface area contributed by atoms with Crippen molar-refractivity contribution in [1.82, 2.24) is 0 Å². The molecule has 1 atom stereocenters. The second kappa shape index (κ2) is 5.49. The third-order valence-corrected chi connectivity index (χ3v) is 2.91. The summed E-state index contributed by atoms with van der Waals surface area (Å²) in [5.41, 5.74) is 6.64. The van der Waals surface area contributed by atoms with Crippen LogP contribution in [0.2, 0.25) is 5.02 Å². The van der Waals surface area contributed by atoms with Crippen molar-refractivity contribution in [3.8, 4) is 0 Å². The molecule has 0 heterocycles. The van der Waals surface area contributed by atoms with Gasteiger partial charge in [0.2, 0.25) is 0 Å². The highest BCUT2D eigenvalue weighted by Gasteiger charge is 2.10. The van der Waals surface area contributed by atoms with E-state index in [1.807, 2.05) is 6.07 Å². The molecule has 82 valence electrons. The molecule has 1 aromatic carbocycles. The summed E-state index contributed by atoms with van der Waals surface area (Å²) < 4.78 is 0.857. The van der Waals surface area contributed by atoms with Crippen molar-refractivity contribution in [2.75, 3.05) is 0 Å². The average molecular weight is 293 g/mol. The quantitative estimate of drug-likeness (QED) is 0.896. The van der Waals surface area contributed by atoms with Crippen molar-refractivity contribution < 1.29 is 9.90 Å². The van der Waals surface area contributed by atoms with Crippen LogP contribution in [0.4, 0.5) is 0 Å². The predicted molar refractivity (Wildman–Crippen MR) is 63.1 cm³/mol. The van der Waals surface area contributed by atoms with E-state index >= 15 is 0 Å². The summed E-state index contributed by atoms with van der Waals surface area (Å²) in [5.74, 6) is -0.882. The molecule has 1 aromatic rings. The van der Waals surface area contributed by atoms with Gasteiger partial charge in [-0.2, -0.15) is 0 Å². The summed E-state index contributed by atoms with van der Waals surface area (Å²) in [6.45, 7) is 0. The molecule has 0 aromatic heterocycles. The molecule has 1 unspecified atom stereocenters. The third kappa shape index (κ3) is 4.20. The summed E-state index contributed by atoms with van der Waals surface area (Å²) >= 11 is 9.14. The van der Waals surface area contributed by atoms with Crippen LogP contribution in [0, 0.1) is 0 Å². The number of carboxylic acids is 1. The Morgan fingerprint density at radius 2 is 2.27 bits per heavy atom. The molecule has 1 rings (SSSR count). The van der Waals surface area contributed by atoms with Crippen molar-refractivity contribution in [3.63, 3.8) is 0 Å². The number of aliphatic carboxylic acids is 1. The normalized spacial score (nSPS) is 12.5. The van der Waals surface area contributed by atoms with Gasteiger partial charge in [0.25, 0.3) is 0 Å². The van der Waals surface area contributed by atoms with Gasteiger partial charge in [-0.05, 0) is 24.1 Å². The molecule has 0 saturated heterocycles. The molecule has 0 aliphatic heterocycles. The molecule has 15 heavy (non-hydrogen) atoms. The number of benzene rings is 1. The smallest absolute Gasteiger partial charge is 0.304 e. The highest BCUT2D eigenvalue weighted by Crippen LogP contribution is 2.22. The monoisotopic (exact) mass is 291 g/mol. The Balaban J connectivity index is 2.68. The van der Waals surface area contributed by atoms with Gasteiger partial charge in [-0.1, -0.05) is 33.6 Å². The number of carbonyl (C=O) groups is 1. The maximum Gasteiger partial charge on any atom is 0.304 e. The highest BCUT2D eigenvalue weighted by atomic mass is 79.9. The van der Waals surface area contributed by atoms with Crippen molar-refractivity contribution >= 4 is 33.5 Å². The zero-order chi connectivity index (χ0) is 11.4. The first-order valence-electron chi connectivity index (χ1n) is 4.40. The minimum absolute atomic E-state index is 0.0327. The molecular formula is C10H11BrClNO2. The minimum atomic E-state index is -0.882. The molecule has 0 amide bonds. The number of carboxylic acid groups (broad SMARTS) is 1. The maximum atomic E-state index is 10.4. The van der Waals surface area contributed by atoms with Gasteiger partial charge < -0.3 is 10.8 Å². The lowest BCUT2D eigenvalue weighted by Gasteiger charge is -2.10. The lowest BCUT2D eigenvalue weighted by molar-refractivity contribution is -0.137. The Bertz CT molecular complexity index is 370. The molecular weight excluding hydrogens is 281 g/mol. The summed E-state index contributed by atoms with van der Waals surface area (Å²) in [6, 6.07) is 4.99. The summed E-state index contributed by atoms with van der Waals surface area (Å²) in [7, 11) is 0. The van der Waals surface area contributed by atoms with Crippen LogP contribution in [0.1, 0.15) is 12.0 Å². The fraction of sp³-hybridized carbons (Fsp3) is 0.300. The van der Waals surface area contributed by atoms with E-state index in [9.17, 15) is 4.79 Å². The fourth-order valence-corrected chi connectivity index (χ4v) is 2.11. The first-order chi connectivity index (χ1) is 6.99. The van der Waals surface area contributed by atoms with Crippen molar-refractivity contribution in [3.05, 3.63) is 33.3 Å². The van der Waals surface area contributed by atoms with E-state index in [0.29, 0.717) is 11.4 Å². The van der Waals surface area contributed by atoms with Crippen molar-refractivity contribution in [1.29, 1.82) is 0 Å². The van der Waals surface area contributed by atoms with Crippen LogP contribution < -0.4 is 5.73 Å². The number of hydrogen-bond donors (Lipinski definition) is 2. The zero-order valence-corrected chi connectivity index (χ0v) is 10.3. The molecule has 5 heteroatoms. The number of hydrogen-bond acceptors (Lipinski definition) is 2. The van der Waals surface area contributed by atoms with Gasteiger partial charge >= 0.3 is 5.97 Å². The zero-order valence-electron chi connectivity index (χ0n) is 7.91. The van der Waals surface area contributed by atoms with E-state index in [0.717, 1.165) is 10.0 Å². The molecule has 0 radical (unpaired) electrons. The maximum absolute atomic E-state index is 10.4. The standard InChI is InChI=1S/C10H11BrClNO2/c11-9-4-7(12)2-1-6(9)3-8(13)5-10(14)15/h1-2,4,8H,3,5,13H2,(H,14,15). The Hall–Kier alpha value is -0.580. The van der Waals surface area contributed by atoms with Crippen LogP contribution >= 0.6 is 27.5 Å². The number of rotatable bonds is 4. The SMILES string of the molecule is NC(CC(=O)O)Cc1ccc(Cl)cc1Br. The Morgan fingerprint density at radius 1 is 1.60 bits per heavy atom. The lowest BCUT2D eigenvalue weighted by Crippen LogP contribution is -2.26. The highest BCUT2D eigenvalue weighted by molar-refractivity contribution is 9.10. The Labute approximate surface area is 101 Å². The van der Waals surface area contributed by atoms with Crippen molar-refractivity contribution in [2.45, 2.75) is 18.9 Å². The van der Waals surface area contributed by atoms with E-state index in [-0.39, 0.29) is 12.5 Å². The first-order valence-corrected chi connectivity index (χ1v) is 5.57. The van der Waals surface area contributed by atoms with E-state index in [4.69, 9.17) is 22.4 Å². The molecule has 3 N–H and O–H groups in total. The van der Waals surface area contributed by atoms with E-state index in [2.05, 4.69) is 15.9 Å². The topological polar surface area (TPSA) is 63.3 Å². The van der Waals surface area contributed by atoms with Crippen molar-refractivity contribution in [2.24, 2.45) is 5.73 Å². The van der Waals surface area contributed by atoms with Crippen LogP contribution in [0.15, 0.2) is 22.7 Å². The van der Waals surface area contributed by atoms with Crippen LogP contribution in [0.3, 0.4) is 0 Å². The minimum Gasteiger partial charge on any atom is -0.481 e. The second-order valence-electron chi connectivity index (χ2n) is 3.30. The molecule has 0 saturated carbocycles. The molecule has 0 aliphatic carbocycles. The molecule has 0 spiro atoms. The number of halogens is 2. The van der Waals surface area contributed by atoms with Gasteiger partial charge in [0.15, 0.2) is 0 Å². The van der Waals surface area contributed by atoms with Gasteiger partial charge in [0.1, 0.15) is 0 Å². The van der Waals surface area contributed by atoms with Crippen LogP contribution in [0.25, 0.3) is 0 Å². The molecule has 3 nitrogen and oxygen atoms in total. The summed E-state index contributed by atoms with van der Waals surface area (Å²) in [5, 5.41) is 9.20. The lowest BCUT2D eigenvalue weighted by atomic mass is 10.0. The Morgan fingerprint density at radius 3 is 2.80 bits per heavy atom. The van der Waals surface area contributed by atoms with Gasteiger partial charge in [0.05, 0.1) is 6.42 Å². The molecule has 0 bridgehead atoms. The fourth-order valence-electron chi connectivity index (χ4n) is 1.27. The van der Waals surface area contributed by atoms with Gasteiger partial charge in [-0.25, -0.2) is 0 Å². The van der Waals surface area contributed by atoms with Crippen LogP contribution in [-0.4, -0.2) is 17.1 Å². The van der Waals surface area contributed by atoms with Gasteiger partial charge in [-0.15, -0.1) is 0 Å². The number of nitrogens with two attached hydrogens (primary N) is 1. The second-order valence-corrected chi connectivity index (χ2v) is 4.59. The molecule has 0 fully saturated rings. The predicted octanol–water partition coefficient (Wildman–Crippen LogP) is 2.45. The van der Waals surface area contributed by atoms with Gasteiger partial charge in [-0.3, -0.25) is 4.79 Å². The first kappa shape index (κ1) is 12.5. The van der Waals surface area contributed by atoms with Crippen LogP contribution in [0.5, 0.6) is 0 Å². The van der Waals surface area contributed by atoms with E-state index in [1.54, 1.807) is 12.1 Å². The summed E-state index contributed by atoms with van der Waals surface area (Å²) in [4.78, 5) is 10.4. The van der Waals surface area contributed by atoms with Gasteiger partial charge in [0, 0.05) is 15.5 Å². The third-order valence-electron chi connectivity index (χ3n) is 1.93. The Kier molecular flexibility index (Phi) is 4.57. The van der Waals surface area contributed by atoms with E-state index in [1.165, 1.54) is 0 Å². The van der Waals surface area contributed by atoms with Crippen LogP contribution in [-0.2, 0) is 11.2 Å². The largest absolute Gasteiger partial charge is 0.481 e. The summed E-state index contributed by atoms with van der Waals surface area (Å²) in [6.07, 6.45) is 0.485. The average Bonchev–Trinajstić information content (AvgIpc) is 2.08.